The highest BCUT2D eigenvalue weighted by atomic mass is 32.1. The Labute approximate surface area is 142 Å². The topological polar surface area (TPSA) is 23.6 Å². The number of benzene rings is 1. The summed E-state index contributed by atoms with van der Waals surface area (Å²) in [4.78, 5) is 18.6. The van der Waals surface area contributed by atoms with E-state index in [4.69, 9.17) is 0 Å². The number of carbonyl (C=O) groups is 1. The van der Waals surface area contributed by atoms with Gasteiger partial charge in [-0.2, -0.15) is 0 Å². The molecule has 23 heavy (non-hydrogen) atoms. The van der Waals surface area contributed by atoms with Crippen molar-refractivity contribution in [3.8, 4) is 11.1 Å². The van der Waals surface area contributed by atoms with Crippen molar-refractivity contribution in [2.45, 2.75) is 20.8 Å². The minimum Gasteiger partial charge on any atom is -0.336 e. The Hall–Kier alpha value is -1.65. The fourth-order valence-electron chi connectivity index (χ4n) is 3.13. The average molecular weight is 328 g/mol. The molecule has 1 aliphatic heterocycles. The first kappa shape index (κ1) is 16.2. The molecule has 0 unspecified atom stereocenters. The lowest BCUT2D eigenvalue weighted by Gasteiger charge is -2.34. The van der Waals surface area contributed by atoms with E-state index < -0.39 is 0 Å². The van der Waals surface area contributed by atoms with Gasteiger partial charge in [0.1, 0.15) is 0 Å². The molecule has 1 aromatic heterocycles. The molecule has 3 nitrogen and oxygen atoms in total. The summed E-state index contributed by atoms with van der Waals surface area (Å²) in [6.45, 7) is 11.0. The number of rotatable bonds is 3. The van der Waals surface area contributed by atoms with Crippen LogP contribution in [0.15, 0.2) is 29.6 Å². The first-order chi connectivity index (χ1) is 11.1. The van der Waals surface area contributed by atoms with Crippen LogP contribution in [0.1, 0.15) is 27.7 Å². The number of carbonyl (C=O) groups excluding carboxylic acids is 1. The molecule has 0 aliphatic carbocycles. The second-order valence-corrected chi connectivity index (χ2v) is 7.26. The molecule has 4 heteroatoms. The summed E-state index contributed by atoms with van der Waals surface area (Å²) >= 11 is 1.67. The van der Waals surface area contributed by atoms with Gasteiger partial charge in [-0.25, -0.2) is 0 Å². The highest BCUT2D eigenvalue weighted by Crippen LogP contribution is 2.33. The van der Waals surface area contributed by atoms with Gasteiger partial charge in [0.25, 0.3) is 5.91 Å². The highest BCUT2D eigenvalue weighted by Gasteiger charge is 2.25. The summed E-state index contributed by atoms with van der Waals surface area (Å²) in [7, 11) is 0. The molecule has 0 spiro atoms. The van der Waals surface area contributed by atoms with Gasteiger partial charge in [0.05, 0.1) is 5.56 Å². The first-order valence-corrected chi connectivity index (χ1v) is 9.15. The average Bonchev–Trinajstić information content (AvgIpc) is 2.97. The third-order valence-corrected chi connectivity index (χ3v) is 5.56. The van der Waals surface area contributed by atoms with Crippen LogP contribution in [0.5, 0.6) is 0 Å². The molecule has 1 saturated heterocycles. The molecule has 0 radical (unpaired) electrons. The zero-order valence-electron chi connectivity index (χ0n) is 14.1. The van der Waals surface area contributed by atoms with E-state index >= 15 is 0 Å². The summed E-state index contributed by atoms with van der Waals surface area (Å²) in [5.74, 6) is 0.181. The summed E-state index contributed by atoms with van der Waals surface area (Å²) in [6, 6.07) is 8.47. The van der Waals surface area contributed by atoms with Gasteiger partial charge in [-0.3, -0.25) is 4.79 Å². The lowest BCUT2D eigenvalue weighted by atomic mass is 10.00. The molecule has 1 amide bonds. The van der Waals surface area contributed by atoms with Crippen molar-refractivity contribution in [3.05, 3.63) is 45.6 Å². The van der Waals surface area contributed by atoms with Crippen LogP contribution in [0.4, 0.5) is 0 Å². The Kier molecular flexibility index (Phi) is 4.83. The van der Waals surface area contributed by atoms with Gasteiger partial charge < -0.3 is 9.80 Å². The fraction of sp³-hybridized carbons (Fsp3) is 0.421. The number of nitrogens with zero attached hydrogens (tertiary/aromatic N) is 2. The molecular weight excluding hydrogens is 304 g/mol. The minimum atomic E-state index is 0.181. The van der Waals surface area contributed by atoms with Gasteiger partial charge in [0.15, 0.2) is 0 Å². The minimum absolute atomic E-state index is 0.181. The summed E-state index contributed by atoms with van der Waals surface area (Å²) < 4.78 is 0. The number of amides is 1. The maximum atomic E-state index is 13.0. The summed E-state index contributed by atoms with van der Waals surface area (Å²) in [5, 5.41) is 2.03. The molecule has 2 aromatic rings. The molecule has 3 rings (SSSR count). The van der Waals surface area contributed by atoms with Crippen LogP contribution in [0, 0.1) is 13.8 Å². The molecule has 0 N–H and O–H groups in total. The molecule has 1 aromatic carbocycles. The number of hydrogen-bond acceptors (Lipinski definition) is 3. The van der Waals surface area contributed by atoms with E-state index in [2.05, 4.69) is 49.9 Å². The normalized spacial score (nSPS) is 15.9. The lowest BCUT2D eigenvalue weighted by molar-refractivity contribution is 0.0644. The Morgan fingerprint density at radius 2 is 1.74 bits per heavy atom. The Balaban J connectivity index is 1.86. The van der Waals surface area contributed by atoms with Crippen LogP contribution >= 0.6 is 11.3 Å². The predicted molar refractivity (Wildman–Crippen MR) is 97.2 cm³/mol. The first-order valence-electron chi connectivity index (χ1n) is 8.27. The van der Waals surface area contributed by atoms with Crippen molar-refractivity contribution in [1.29, 1.82) is 0 Å². The van der Waals surface area contributed by atoms with Crippen molar-refractivity contribution < 1.29 is 4.79 Å². The predicted octanol–water partition coefficient (Wildman–Crippen LogP) is 3.81. The Morgan fingerprint density at radius 1 is 1.09 bits per heavy atom. The van der Waals surface area contributed by atoms with Crippen LogP contribution in [0.3, 0.4) is 0 Å². The van der Waals surface area contributed by atoms with Crippen molar-refractivity contribution in [3.63, 3.8) is 0 Å². The molecule has 1 fully saturated rings. The number of thiophene rings is 1. The van der Waals surface area contributed by atoms with Crippen molar-refractivity contribution >= 4 is 17.2 Å². The summed E-state index contributed by atoms with van der Waals surface area (Å²) in [5.41, 5.74) is 4.36. The standard InChI is InChI=1S/C19H24N2OS/c1-4-20-9-11-21(12-10-20)19(22)17-13-23-15(3)18(17)16-7-5-14(2)6-8-16/h5-8,13H,4,9-12H2,1-3H3. The van der Waals surface area contributed by atoms with Gasteiger partial charge in [-0.15, -0.1) is 11.3 Å². The Morgan fingerprint density at radius 3 is 2.35 bits per heavy atom. The number of likely N-dealkylation sites (N-methyl/N-ethyl adjacent to an activating group) is 1. The van der Waals surface area contributed by atoms with Gasteiger partial charge in [-0.1, -0.05) is 36.8 Å². The molecular formula is C19H24N2OS. The van der Waals surface area contributed by atoms with Gasteiger partial charge in [-0.05, 0) is 26.0 Å². The molecule has 1 aliphatic rings. The Bertz CT molecular complexity index is 682. The number of aryl methyl sites for hydroxylation is 2. The molecule has 0 bridgehead atoms. The molecule has 0 atom stereocenters. The maximum Gasteiger partial charge on any atom is 0.255 e. The summed E-state index contributed by atoms with van der Waals surface area (Å²) in [6.07, 6.45) is 0. The zero-order chi connectivity index (χ0) is 16.4. The van der Waals surface area contributed by atoms with Crippen molar-refractivity contribution in [2.24, 2.45) is 0 Å². The molecule has 2 heterocycles. The number of hydrogen-bond donors (Lipinski definition) is 0. The number of piperazine rings is 1. The zero-order valence-corrected chi connectivity index (χ0v) is 14.9. The van der Waals surface area contributed by atoms with Gasteiger partial charge >= 0.3 is 0 Å². The van der Waals surface area contributed by atoms with Crippen molar-refractivity contribution in [2.75, 3.05) is 32.7 Å². The van der Waals surface area contributed by atoms with E-state index in [1.54, 1.807) is 11.3 Å². The fourth-order valence-corrected chi connectivity index (χ4v) is 3.99. The van der Waals surface area contributed by atoms with Gasteiger partial charge in [0, 0.05) is 42.0 Å². The smallest absolute Gasteiger partial charge is 0.255 e. The second kappa shape index (κ2) is 6.85. The maximum absolute atomic E-state index is 13.0. The largest absolute Gasteiger partial charge is 0.336 e. The van der Waals surface area contributed by atoms with Crippen molar-refractivity contribution in [1.82, 2.24) is 9.80 Å². The quantitative estimate of drug-likeness (QED) is 0.855. The van der Waals surface area contributed by atoms with Crippen LogP contribution in [0.25, 0.3) is 11.1 Å². The van der Waals surface area contributed by atoms with Gasteiger partial charge in [0.2, 0.25) is 0 Å². The van der Waals surface area contributed by atoms with Crippen LogP contribution in [-0.4, -0.2) is 48.4 Å². The van der Waals surface area contributed by atoms with Crippen LogP contribution < -0.4 is 0 Å². The highest BCUT2D eigenvalue weighted by molar-refractivity contribution is 7.10. The van der Waals surface area contributed by atoms with Crippen LogP contribution in [-0.2, 0) is 0 Å². The van der Waals surface area contributed by atoms with E-state index in [0.717, 1.165) is 49.4 Å². The third-order valence-electron chi connectivity index (χ3n) is 4.65. The SMILES string of the molecule is CCN1CCN(C(=O)c2csc(C)c2-c2ccc(C)cc2)CC1. The van der Waals surface area contributed by atoms with E-state index in [0.29, 0.717) is 0 Å². The van der Waals surface area contributed by atoms with E-state index in [-0.39, 0.29) is 5.91 Å². The molecule has 0 saturated carbocycles. The van der Waals surface area contributed by atoms with E-state index in [1.165, 1.54) is 10.4 Å². The monoisotopic (exact) mass is 328 g/mol. The third kappa shape index (κ3) is 3.33. The van der Waals surface area contributed by atoms with Crippen LogP contribution in [0.2, 0.25) is 0 Å². The van der Waals surface area contributed by atoms with E-state index in [9.17, 15) is 4.79 Å². The second-order valence-electron chi connectivity index (χ2n) is 6.17. The lowest BCUT2D eigenvalue weighted by Crippen LogP contribution is -2.48. The van der Waals surface area contributed by atoms with E-state index in [1.807, 2.05) is 10.3 Å². The molecule has 122 valence electrons.